The Balaban J connectivity index is 2.33. The summed E-state index contributed by atoms with van der Waals surface area (Å²) >= 11 is 0. The Hall–Kier alpha value is -2.24. The molecule has 0 saturated heterocycles. The van der Waals surface area contributed by atoms with E-state index < -0.39 is 0 Å². The number of hydrogen-bond acceptors (Lipinski definition) is 5. The fourth-order valence-corrected chi connectivity index (χ4v) is 1.43. The molecule has 0 atom stereocenters. The average molecular weight is 235 g/mol. The SMILES string of the molecule is N=C(C1=NOCCO1)c1ccccc1/C=N/F. The van der Waals surface area contributed by atoms with Crippen molar-refractivity contribution in [1.29, 1.82) is 5.41 Å². The molecule has 1 aliphatic rings. The van der Waals surface area contributed by atoms with Gasteiger partial charge in [-0.3, -0.25) is 5.41 Å². The second-order valence-corrected chi connectivity index (χ2v) is 3.27. The summed E-state index contributed by atoms with van der Waals surface area (Å²) in [6.45, 7) is 0.713. The van der Waals surface area contributed by atoms with Crippen LogP contribution in [-0.2, 0) is 9.57 Å². The summed E-state index contributed by atoms with van der Waals surface area (Å²) in [5, 5.41) is 14.0. The van der Waals surface area contributed by atoms with Crippen LogP contribution in [0, 0.1) is 5.41 Å². The van der Waals surface area contributed by atoms with E-state index in [9.17, 15) is 4.48 Å². The van der Waals surface area contributed by atoms with Crippen molar-refractivity contribution in [3.05, 3.63) is 35.4 Å². The van der Waals surface area contributed by atoms with Crippen LogP contribution in [0.5, 0.6) is 0 Å². The normalized spacial score (nSPS) is 15.0. The largest absolute Gasteiger partial charge is 0.470 e. The number of nitrogens with one attached hydrogen (secondary N) is 1. The minimum Gasteiger partial charge on any atom is -0.470 e. The van der Waals surface area contributed by atoms with Gasteiger partial charge in [-0.05, 0) is 5.16 Å². The van der Waals surface area contributed by atoms with Gasteiger partial charge in [0.1, 0.15) is 12.3 Å². The van der Waals surface area contributed by atoms with Crippen molar-refractivity contribution in [2.45, 2.75) is 0 Å². The number of hydrogen-bond donors (Lipinski definition) is 1. The lowest BCUT2D eigenvalue weighted by atomic mass is 10.0. The quantitative estimate of drug-likeness (QED) is 0.810. The van der Waals surface area contributed by atoms with Gasteiger partial charge in [0.05, 0.1) is 6.21 Å². The Morgan fingerprint density at radius 2 is 2.24 bits per heavy atom. The van der Waals surface area contributed by atoms with E-state index in [2.05, 4.69) is 10.4 Å². The zero-order chi connectivity index (χ0) is 12.1. The Morgan fingerprint density at radius 3 is 2.94 bits per heavy atom. The molecular formula is C11H10FN3O2. The molecule has 0 fully saturated rings. The molecule has 1 N–H and O–H groups in total. The molecule has 6 heteroatoms. The number of oxime groups is 1. The van der Waals surface area contributed by atoms with E-state index in [0.717, 1.165) is 6.21 Å². The third kappa shape index (κ3) is 2.47. The molecule has 5 nitrogen and oxygen atoms in total. The summed E-state index contributed by atoms with van der Waals surface area (Å²) in [5.74, 6) is 0.0935. The summed E-state index contributed by atoms with van der Waals surface area (Å²) in [6, 6.07) is 6.79. The molecule has 0 unspecified atom stereocenters. The van der Waals surface area contributed by atoms with Gasteiger partial charge in [0.2, 0.25) is 0 Å². The second-order valence-electron chi connectivity index (χ2n) is 3.27. The van der Waals surface area contributed by atoms with Crippen LogP contribution in [0.25, 0.3) is 0 Å². The van der Waals surface area contributed by atoms with Gasteiger partial charge in [0, 0.05) is 11.1 Å². The Morgan fingerprint density at radius 1 is 1.41 bits per heavy atom. The van der Waals surface area contributed by atoms with E-state index in [4.69, 9.17) is 15.0 Å². The first-order valence-electron chi connectivity index (χ1n) is 4.98. The van der Waals surface area contributed by atoms with E-state index in [1.54, 1.807) is 24.3 Å². The highest BCUT2D eigenvalue weighted by atomic mass is 19.2. The van der Waals surface area contributed by atoms with Gasteiger partial charge < -0.3 is 9.57 Å². The highest BCUT2D eigenvalue weighted by molar-refractivity contribution is 6.45. The topological polar surface area (TPSA) is 67.0 Å². The van der Waals surface area contributed by atoms with Crippen molar-refractivity contribution < 1.29 is 14.1 Å². The molecular weight excluding hydrogens is 225 g/mol. The zero-order valence-electron chi connectivity index (χ0n) is 8.89. The van der Waals surface area contributed by atoms with Crippen LogP contribution in [0.15, 0.2) is 34.6 Å². The predicted octanol–water partition coefficient (Wildman–Crippen LogP) is 1.72. The molecule has 1 aliphatic heterocycles. The smallest absolute Gasteiger partial charge is 0.276 e. The van der Waals surface area contributed by atoms with Crippen LogP contribution >= 0.6 is 0 Å². The zero-order valence-corrected chi connectivity index (χ0v) is 8.89. The van der Waals surface area contributed by atoms with Crippen molar-refractivity contribution in [3.8, 4) is 0 Å². The van der Waals surface area contributed by atoms with E-state index in [1.165, 1.54) is 0 Å². The molecule has 0 saturated carbocycles. The van der Waals surface area contributed by atoms with Crippen molar-refractivity contribution in [1.82, 2.24) is 0 Å². The molecule has 1 aromatic carbocycles. The third-order valence-electron chi connectivity index (χ3n) is 2.19. The highest BCUT2D eigenvalue weighted by Crippen LogP contribution is 2.10. The van der Waals surface area contributed by atoms with Gasteiger partial charge >= 0.3 is 0 Å². The predicted molar refractivity (Wildman–Crippen MR) is 61.3 cm³/mol. The van der Waals surface area contributed by atoms with Gasteiger partial charge in [-0.25, -0.2) is 0 Å². The lowest BCUT2D eigenvalue weighted by Crippen LogP contribution is -2.25. The number of nitrogens with zero attached hydrogens (tertiary/aromatic N) is 2. The average Bonchev–Trinajstić information content (AvgIpc) is 2.40. The lowest BCUT2D eigenvalue weighted by molar-refractivity contribution is 0.0676. The number of benzene rings is 1. The molecule has 1 aromatic rings. The first kappa shape index (κ1) is 11.3. The summed E-state index contributed by atoms with van der Waals surface area (Å²) in [6.07, 6.45) is 1.04. The standard InChI is InChI=1S/C11H10FN3O2/c12-14-7-8-3-1-2-4-9(8)10(13)11-15-17-6-5-16-11/h1-4,7,13H,5-6H2/b13-10?,14-7+. The van der Waals surface area contributed by atoms with Gasteiger partial charge in [0.15, 0.2) is 6.61 Å². The third-order valence-corrected chi connectivity index (χ3v) is 2.19. The van der Waals surface area contributed by atoms with Gasteiger partial charge in [0.25, 0.3) is 5.90 Å². The molecule has 0 aliphatic carbocycles. The van der Waals surface area contributed by atoms with Gasteiger partial charge in [-0.2, -0.15) is 0 Å². The summed E-state index contributed by atoms with van der Waals surface area (Å²) in [4.78, 5) is 4.84. The van der Waals surface area contributed by atoms with E-state index in [-0.39, 0.29) is 11.6 Å². The molecule has 0 amide bonds. The molecule has 0 spiro atoms. The van der Waals surface area contributed by atoms with Crippen LogP contribution in [-0.4, -0.2) is 31.0 Å². The maximum atomic E-state index is 12.0. The molecule has 0 radical (unpaired) electrons. The fourth-order valence-electron chi connectivity index (χ4n) is 1.43. The molecule has 0 aromatic heterocycles. The van der Waals surface area contributed by atoms with Gasteiger partial charge in [-0.15, -0.1) is 0 Å². The van der Waals surface area contributed by atoms with Crippen molar-refractivity contribution >= 4 is 17.8 Å². The monoisotopic (exact) mass is 235 g/mol. The minimum absolute atomic E-state index is 0.0419. The molecule has 0 bridgehead atoms. The van der Waals surface area contributed by atoms with Crippen LogP contribution in [0.4, 0.5) is 4.48 Å². The maximum Gasteiger partial charge on any atom is 0.276 e. The number of rotatable bonds is 3. The second kappa shape index (κ2) is 5.20. The summed E-state index contributed by atoms with van der Waals surface area (Å²) < 4.78 is 17.2. The minimum atomic E-state index is 0.0419. The molecule has 17 heavy (non-hydrogen) atoms. The van der Waals surface area contributed by atoms with Crippen molar-refractivity contribution in [2.24, 2.45) is 10.4 Å². The molecule has 1 heterocycles. The van der Waals surface area contributed by atoms with Crippen molar-refractivity contribution in [3.63, 3.8) is 0 Å². The van der Waals surface area contributed by atoms with Crippen LogP contribution in [0.1, 0.15) is 11.1 Å². The summed E-state index contributed by atoms with van der Waals surface area (Å²) in [5.41, 5.74) is 1.01. The fraction of sp³-hybridized carbons (Fsp3) is 0.182. The first-order valence-corrected chi connectivity index (χ1v) is 4.98. The maximum absolute atomic E-state index is 12.0. The van der Waals surface area contributed by atoms with Crippen LogP contribution < -0.4 is 0 Å². The number of ether oxygens (including phenoxy) is 1. The van der Waals surface area contributed by atoms with E-state index >= 15 is 0 Å². The Labute approximate surface area is 97.0 Å². The van der Waals surface area contributed by atoms with Gasteiger partial charge in [-0.1, -0.05) is 34.0 Å². The summed E-state index contributed by atoms with van der Waals surface area (Å²) in [7, 11) is 0. The van der Waals surface area contributed by atoms with Crippen molar-refractivity contribution in [2.75, 3.05) is 13.2 Å². The van der Waals surface area contributed by atoms with Crippen LogP contribution in [0.2, 0.25) is 0 Å². The number of halogens is 1. The van der Waals surface area contributed by atoms with Crippen LogP contribution in [0.3, 0.4) is 0 Å². The highest BCUT2D eigenvalue weighted by Gasteiger charge is 2.17. The lowest BCUT2D eigenvalue weighted by Gasteiger charge is -2.14. The van der Waals surface area contributed by atoms with E-state index in [0.29, 0.717) is 24.3 Å². The first-order chi connectivity index (χ1) is 8.33. The Kier molecular flexibility index (Phi) is 3.44. The molecule has 2 rings (SSSR count). The molecule has 88 valence electrons. The van der Waals surface area contributed by atoms with E-state index in [1.807, 2.05) is 0 Å². The Bertz CT molecular complexity index is 485.